The molecule has 0 aliphatic rings. The SMILES string of the molecule is O=C(O)c1cc(Br)c2cc(C(=O)O)ccc2c1. The van der Waals surface area contributed by atoms with E-state index in [0.29, 0.717) is 15.2 Å². The van der Waals surface area contributed by atoms with Crippen LogP contribution >= 0.6 is 15.9 Å². The molecule has 86 valence electrons. The van der Waals surface area contributed by atoms with Crippen molar-refractivity contribution >= 4 is 38.6 Å². The van der Waals surface area contributed by atoms with Gasteiger partial charge in [-0.3, -0.25) is 0 Å². The molecule has 2 aromatic rings. The van der Waals surface area contributed by atoms with E-state index in [1.165, 1.54) is 24.3 Å². The maximum absolute atomic E-state index is 10.9. The highest BCUT2D eigenvalue weighted by Gasteiger charge is 2.10. The van der Waals surface area contributed by atoms with Crippen molar-refractivity contribution in [1.29, 1.82) is 0 Å². The summed E-state index contributed by atoms with van der Waals surface area (Å²) >= 11 is 3.24. The normalized spacial score (nSPS) is 10.4. The molecule has 0 atom stereocenters. The van der Waals surface area contributed by atoms with E-state index in [9.17, 15) is 9.59 Å². The van der Waals surface area contributed by atoms with Gasteiger partial charge in [-0.15, -0.1) is 0 Å². The van der Waals surface area contributed by atoms with Crippen molar-refractivity contribution in [2.45, 2.75) is 0 Å². The van der Waals surface area contributed by atoms with Gasteiger partial charge >= 0.3 is 11.9 Å². The number of rotatable bonds is 2. The highest BCUT2D eigenvalue weighted by molar-refractivity contribution is 9.10. The molecule has 0 unspecified atom stereocenters. The van der Waals surface area contributed by atoms with E-state index >= 15 is 0 Å². The molecule has 4 nitrogen and oxygen atoms in total. The van der Waals surface area contributed by atoms with E-state index in [4.69, 9.17) is 10.2 Å². The molecule has 5 heteroatoms. The molecule has 0 aromatic heterocycles. The number of benzene rings is 2. The first-order valence-electron chi connectivity index (χ1n) is 4.69. The summed E-state index contributed by atoms with van der Waals surface area (Å²) in [6.45, 7) is 0. The number of halogens is 1. The molecule has 0 saturated heterocycles. The second-order valence-electron chi connectivity index (χ2n) is 3.50. The predicted molar refractivity (Wildman–Crippen MR) is 65.6 cm³/mol. The predicted octanol–water partition coefficient (Wildman–Crippen LogP) is 3.00. The minimum absolute atomic E-state index is 0.160. The van der Waals surface area contributed by atoms with Crippen molar-refractivity contribution < 1.29 is 19.8 Å². The Kier molecular flexibility index (Phi) is 2.85. The Balaban J connectivity index is 2.72. The zero-order valence-electron chi connectivity index (χ0n) is 8.48. The number of carboxylic acid groups (broad SMARTS) is 2. The number of fused-ring (bicyclic) bond motifs is 1. The van der Waals surface area contributed by atoms with Gasteiger partial charge in [-0.2, -0.15) is 0 Å². The maximum Gasteiger partial charge on any atom is 0.335 e. The molecule has 0 aliphatic heterocycles. The van der Waals surface area contributed by atoms with Gasteiger partial charge in [-0.05, 0) is 35.0 Å². The smallest absolute Gasteiger partial charge is 0.335 e. The highest BCUT2D eigenvalue weighted by atomic mass is 79.9. The average molecular weight is 295 g/mol. The fraction of sp³-hybridized carbons (Fsp3) is 0. The first-order chi connectivity index (χ1) is 7.99. The van der Waals surface area contributed by atoms with E-state index in [0.717, 1.165) is 0 Å². The Morgan fingerprint density at radius 2 is 1.59 bits per heavy atom. The van der Waals surface area contributed by atoms with Gasteiger partial charge in [0.1, 0.15) is 0 Å². The van der Waals surface area contributed by atoms with Gasteiger partial charge < -0.3 is 10.2 Å². The maximum atomic E-state index is 10.9. The molecule has 0 spiro atoms. The van der Waals surface area contributed by atoms with E-state index in [1.807, 2.05) is 0 Å². The van der Waals surface area contributed by atoms with Gasteiger partial charge in [0.05, 0.1) is 11.1 Å². The Morgan fingerprint density at radius 1 is 0.941 bits per heavy atom. The largest absolute Gasteiger partial charge is 0.478 e. The lowest BCUT2D eigenvalue weighted by molar-refractivity contribution is 0.0686. The topological polar surface area (TPSA) is 74.6 Å². The minimum atomic E-state index is -1.02. The van der Waals surface area contributed by atoms with Crippen molar-refractivity contribution in [3.05, 3.63) is 45.9 Å². The summed E-state index contributed by atoms with van der Waals surface area (Å²) in [6, 6.07) is 7.51. The Hall–Kier alpha value is -1.88. The van der Waals surface area contributed by atoms with E-state index < -0.39 is 11.9 Å². The van der Waals surface area contributed by atoms with Gasteiger partial charge in [-0.1, -0.05) is 22.0 Å². The quantitative estimate of drug-likeness (QED) is 0.893. The first-order valence-corrected chi connectivity index (χ1v) is 5.48. The lowest BCUT2D eigenvalue weighted by Gasteiger charge is -2.04. The molecular weight excluding hydrogens is 288 g/mol. The molecule has 0 saturated carbocycles. The van der Waals surface area contributed by atoms with Crippen LogP contribution < -0.4 is 0 Å². The molecular formula is C12H7BrO4. The summed E-state index contributed by atoms with van der Waals surface area (Å²) in [5.74, 6) is -2.03. The van der Waals surface area contributed by atoms with Crippen LogP contribution in [0.2, 0.25) is 0 Å². The third-order valence-electron chi connectivity index (χ3n) is 2.40. The zero-order valence-corrected chi connectivity index (χ0v) is 10.1. The van der Waals surface area contributed by atoms with E-state index in [1.54, 1.807) is 6.07 Å². The molecule has 0 aliphatic carbocycles. The van der Waals surface area contributed by atoms with Crippen molar-refractivity contribution in [3.63, 3.8) is 0 Å². The highest BCUT2D eigenvalue weighted by Crippen LogP contribution is 2.27. The number of aromatic carboxylic acids is 2. The summed E-state index contributed by atoms with van der Waals surface area (Å²) < 4.78 is 0.565. The van der Waals surface area contributed by atoms with Crippen molar-refractivity contribution in [3.8, 4) is 0 Å². The molecule has 2 N–H and O–H groups in total. The molecule has 2 rings (SSSR count). The molecule has 0 bridgehead atoms. The minimum Gasteiger partial charge on any atom is -0.478 e. The van der Waals surface area contributed by atoms with Gasteiger partial charge in [0.25, 0.3) is 0 Å². The Bertz CT molecular complexity index is 634. The third kappa shape index (κ3) is 2.14. The summed E-state index contributed by atoms with van der Waals surface area (Å²) in [5.41, 5.74) is 0.328. The zero-order chi connectivity index (χ0) is 12.6. The van der Waals surface area contributed by atoms with Gasteiger partial charge in [0, 0.05) is 4.47 Å². The summed E-state index contributed by atoms with van der Waals surface area (Å²) in [5, 5.41) is 19.1. The summed E-state index contributed by atoms with van der Waals surface area (Å²) in [7, 11) is 0. The van der Waals surface area contributed by atoms with E-state index in [2.05, 4.69) is 15.9 Å². The van der Waals surface area contributed by atoms with Crippen molar-refractivity contribution in [1.82, 2.24) is 0 Å². The van der Waals surface area contributed by atoms with E-state index in [-0.39, 0.29) is 11.1 Å². The Labute approximate surface area is 105 Å². The van der Waals surface area contributed by atoms with Crippen LogP contribution in [-0.4, -0.2) is 22.2 Å². The fourth-order valence-electron chi connectivity index (χ4n) is 1.57. The van der Waals surface area contributed by atoms with Crippen LogP contribution in [0.3, 0.4) is 0 Å². The molecule has 17 heavy (non-hydrogen) atoms. The van der Waals surface area contributed by atoms with Crippen LogP contribution in [0.5, 0.6) is 0 Å². The lowest BCUT2D eigenvalue weighted by atomic mass is 10.0. The summed E-state index contributed by atoms with van der Waals surface area (Å²) in [4.78, 5) is 21.7. The number of hydrogen-bond acceptors (Lipinski definition) is 2. The second kappa shape index (κ2) is 4.18. The first kappa shape index (κ1) is 11.6. The van der Waals surface area contributed by atoms with Crippen LogP contribution in [0.15, 0.2) is 34.8 Å². The lowest BCUT2D eigenvalue weighted by Crippen LogP contribution is -1.98. The molecule has 2 aromatic carbocycles. The van der Waals surface area contributed by atoms with Gasteiger partial charge in [0.2, 0.25) is 0 Å². The number of carboxylic acids is 2. The third-order valence-corrected chi connectivity index (χ3v) is 3.05. The average Bonchev–Trinajstić information content (AvgIpc) is 2.28. The molecule has 0 amide bonds. The monoisotopic (exact) mass is 294 g/mol. The molecule has 0 radical (unpaired) electrons. The number of carbonyl (C=O) groups is 2. The second-order valence-corrected chi connectivity index (χ2v) is 4.36. The van der Waals surface area contributed by atoms with Crippen LogP contribution in [0.4, 0.5) is 0 Å². The fourth-order valence-corrected chi connectivity index (χ4v) is 2.16. The summed E-state index contributed by atoms with van der Waals surface area (Å²) in [6.07, 6.45) is 0. The van der Waals surface area contributed by atoms with Gasteiger partial charge in [-0.25, -0.2) is 9.59 Å². The van der Waals surface area contributed by atoms with Crippen LogP contribution in [0.25, 0.3) is 10.8 Å². The van der Waals surface area contributed by atoms with Crippen molar-refractivity contribution in [2.24, 2.45) is 0 Å². The van der Waals surface area contributed by atoms with Crippen LogP contribution in [-0.2, 0) is 0 Å². The molecule has 0 heterocycles. The van der Waals surface area contributed by atoms with Crippen LogP contribution in [0, 0.1) is 0 Å². The standard InChI is InChI=1S/C12H7BrO4/c13-10-5-8(12(16)17)3-6-1-2-7(11(14)15)4-9(6)10/h1-5H,(H,14,15)(H,16,17). The Morgan fingerprint density at radius 3 is 2.18 bits per heavy atom. The number of hydrogen-bond donors (Lipinski definition) is 2. The van der Waals surface area contributed by atoms with Crippen molar-refractivity contribution in [2.75, 3.05) is 0 Å². The molecule has 0 fully saturated rings. The van der Waals surface area contributed by atoms with Gasteiger partial charge in [0.15, 0.2) is 0 Å². The van der Waals surface area contributed by atoms with Crippen LogP contribution in [0.1, 0.15) is 20.7 Å².